The topological polar surface area (TPSA) is 0 Å². The standard InChI is InChI=1S/C36H38S6/c1-3-5-7-9-12-25-24-42-32(26(25)13-10-8-6-4-2)27-15-20-38-33(27)28-16-21-39-34(28)29-17-22-40-35(29)30-18-23-41-36(30)31-14-11-19-37-31/h11,14-24H,3-10,12-13H2,1-2H3. The number of hydrogen-bond acceptors (Lipinski definition) is 6. The van der Waals surface area contributed by atoms with Gasteiger partial charge in [-0.05, 0) is 99.4 Å². The molecule has 0 fully saturated rings. The van der Waals surface area contributed by atoms with Crippen LogP contribution in [-0.4, -0.2) is 0 Å². The Hall–Kier alpha value is -1.80. The van der Waals surface area contributed by atoms with Crippen molar-refractivity contribution >= 4 is 68.0 Å². The van der Waals surface area contributed by atoms with Gasteiger partial charge in [0.1, 0.15) is 0 Å². The molecule has 6 aromatic heterocycles. The lowest BCUT2D eigenvalue weighted by molar-refractivity contribution is 0.652. The predicted molar refractivity (Wildman–Crippen MR) is 197 cm³/mol. The first-order valence-corrected chi connectivity index (χ1v) is 20.5. The Balaban J connectivity index is 1.35. The first-order valence-electron chi connectivity index (χ1n) is 15.2. The summed E-state index contributed by atoms with van der Waals surface area (Å²) in [5.74, 6) is 0. The highest BCUT2D eigenvalue weighted by Gasteiger charge is 2.23. The highest BCUT2D eigenvalue weighted by Crippen LogP contribution is 2.51. The van der Waals surface area contributed by atoms with Gasteiger partial charge in [-0.3, -0.25) is 0 Å². The van der Waals surface area contributed by atoms with E-state index in [0.717, 1.165) is 0 Å². The summed E-state index contributed by atoms with van der Waals surface area (Å²) in [4.78, 5) is 8.50. The molecular weight excluding hydrogens is 625 g/mol. The Morgan fingerprint density at radius 3 is 1.52 bits per heavy atom. The van der Waals surface area contributed by atoms with E-state index in [1.807, 2.05) is 68.0 Å². The molecule has 0 bridgehead atoms. The van der Waals surface area contributed by atoms with E-state index in [-0.39, 0.29) is 0 Å². The molecule has 0 aromatic carbocycles. The molecule has 6 rings (SSSR count). The molecule has 42 heavy (non-hydrogen) atoms. The lowest BCUT2D eigenvalue weighted by Gasteiger charge is -2.11. The van der Waals surface area contributed by atoms with Crippen molar-refractivity contribution in [3.8, 4) is 51.5 Å². The van der Waals surface area contributed by atoms with Crippen molar-refractivity contribution in [2.45, 2.75) is 78.1 Å². The number of unbranched alkanes of at least 4 members (excludes halogenated alkanes) is 6. The molecule has 218 valence electrons. The van der Waals surface area contributed by atoms with Crippen LogP contribution in [0.4, 0.5) is 0 Å². The van der Waals surface area contributed by atoms with Gasteiger partial charge in [0.2, 0.25) is 0 Å². The first kappa shape index (κ1) is 30.2. The molecule has 0 aliphatic carbocycles. The van der Waals surface area contributed by atoms with Crippen LogP contribution in [0.25, 0.3) is 51.5 Å². The minimum absolute atomic E-state index is 1.21. The van der Waals surface area contributed by atoms with Gasteiger partial charge < -0.3 is 0 Å². The number of thiophene rings is 6. The third kappa shape index (κ3) is 6.50. The molecule has 0 aliphatic rings. The van der Waals surface area contributed by atoms with Gasteiger partial charge in [-0.1, -0.05) is 58.4 Å². The lowest BCUT2D eigenvalue weighted by Crippen LogP contribution is -1.94. The molecular formula is C36H38S6. The molecule has 0 unspecified atom stereocenters. The van der Waals surface area contributed by atoms with Crippen LogP contribution in [0.15, 0.2) is 68.7 Å². The number of aryl methyl sites for hydroxylation is 1. The molecule has 0 radical (unpaired) electrons. The second-order valence-corrected chi connectivity index (χ2v) is 16.3. The van der Waals surface area contributed by atoms with Crippen molar-refractivity contribution in [3.63, 3.8) is 0 Å². The molecule has 6 heterocycles. The highest BCUT2D eigenvalue weighted by molar-refractivity contribution is 7.22. The monoisotopic (exact) mass is 662 g/mol. The van der Waals surface area contributed by atoms with Crippen LogP contribution in [-0.2, 0) is 12.8 Å². The van der Waals surface area contributed by atoms with Gasteiger partial charge in [0.25, 0.3) is 0 Å². The van der Waals surface area contributed by atoms with Crippen molar-refractivity contribution in [2.75, 3.05) is 0 Å². The lowest BCUT2D eigenvalue weighted by atomic mass is 9.96. The maximum absolute atomic E-state index is 2.49. The molecule has 0 nitrogen and oxygen atoms in total. The third-order valence-electron chi connectivity index (χ3n) is 7.95. The molecule has 0 N–H and O–H groups in total. The first-order chi connectivity index (χ1) is 20.8. The van der Waals surface area contributed by atoms with Gasteiger partial charge in [-0.2, -0.15) is 0 Å². The number of rotatable bonds is 15. The Morgan fingerprint density at radius 2 is 0.976 bits per heavy atom. The van der Waals surface area contributed by atoms with Gasteiger partial charge >= 0.3 is 0 Å². The number of hydrogen-bond donors (Lipinski definition) is 0. The largest absolute Gasteiger partial charge is 0.143 e. The van der Waals surface area contributed by atoms with E-state index in [9.17, 15) is 0 Å². The van der Waals surface area contributed by atoms with Gasteiger partial charge in [-0.25, -0.2) is 0 Å². The Morgan fingerprint density at radius 1 is 0.452 bits per heavy atom. The molecule has 0 spiro atoms. The van der Waals surface area contributed by atoms with E-state index >= 15 is 0 Å². The maximum atomic E-state index is 2.49. The fraction of sp³-hybridized carbons (Fsp3) is 0.333. The van der Waals surface area contributed by atoms with Gasteiger partial charge in [-0.15, -0.1) is 68.0 Å². The van der Waals surface area contributed by atoms with E-state index in [0.29, 0.717) is 0 Å². The third-order valence-corrected chi connectivity index (χ3v) is 13.9. The Kier molecular flexibility index (Phi) is 10.6. The van der Waals surface area contributed by atoms with E-state index in [2.05, 4.69) is 82.5 Å². The van der Waals surface area contributed by atoms with Crippen molar-refractivity contribution in [1.29, 1.82) is 0 Å². The van der Waals surface area contributed by atoms with Crippen molar-refractivity contribution in [3.05, 3.63) is 79.8 Å². The minimum atomic E-state index is 1.21. The predicted octanol–water partition coefficient (Wildman–Crippen LogP) is 14.6. The van der Waals surface area contributed by atoms with Crippen molar-refractivity contribution < 1.29 is 0 Å². The summed E-state index contributed by atoms with van der Waals surface area (Å²) in [7, 11) is 0. The van der Waals surface area contributed by atoms with Crippen LogP contribution in [0.3, 0.4) is 0 Å². The van der Waals surface area contributed by atoms with Crippen LogP contribution in [0.1, 0.15) is 76.3 Å². The van der Waals surface area contributed by atoms with Crippen LogP contribution in [0.5, 0.6) is 0 Å². The Bertz CT molecular complexity index is 1660. The SMILES string of the molecule is CCCCCCc1csc(-c2ccsc2-c2ccsc2-c2ccsc2-c2ccsc2-c2cccs2)c1CCCCCC. The van der Waals surface area contributed by atoms with Crippen molar-refractivity contribution in [1.82, 2.24) is 0 Å². The van der Waals surface area contributed by atoms with E-state index < -0.39 is 0 Å². The quantitative estimate of drug-likeness (QED) is 0.0960. The second kappa shape index (κ2) is 14.8. The summed E-state index contributed by atoms with van der Waals surface area (Å²) in [6, 6.07) is 13.8. The molecule has 0 saturated heterocycles. The molecule has 0 aliphatic heterocycles. The average molecular weight is 663 g/mol. The molecule has 6 heteroatoms. The highest BCUT2D eigenvalue weighted by atomic mass is 32.1. The summed E-state index contributed by atoms with van der Waals surface area (Å²) >= 11 is 11.4. The summed E-state index contributed by atoms with van der Waals surface area (Å²) in [6.45, 7) is 4.62. The molecule has 6 aromatic rings. The van der Waals surface area contributed by atoms with Crippen LogP contribution < -0.4 is 0 Å². The maximum Gasteiger partial charge on any atom is 0.0529 e. The van der Waals surface area contributed by atoms with Gasteiger partial charge in [0.15, 0.2) is 0 Å². The van der Waals surface area contributed by atoms with Crippen molar-refractivity contribution in [2.24, 2.45) is 0 Å². The van der Waals surface area contributed by atoms with Crippen LogP contribution in [0.2, 0.25) is 0 Å². The minimum Gasteiger partial charge on any atom is -0.143 e. The molecule has 0 atom stereocenters. The van der Waals surface area contributed by atoms with E-state index in [1.165, 1.54) is 116 Å². The van der Waals surface area contributed by atoms with E-state index in [1.54, 1.807) is 11.1 Å². The zero-order valence-corrected chi connectivity index (χ0v) is 29.3. The second-order valence-electron chi connectivity index (χ2n) is 10.8. The average Bonchev–Trinajstić information content (AvgIpc) is 3.83. The zero-order valence-electron chi connectivity index (χ0n) is 24.4. The summed E-state index contributed by atoms with van der Waals surface area (Å²) in [5.41, 5.74) is 8.85. The van der Waals surface area contributed by atoms with Gasteiger partial charge in [0.05, 0.1) is 4.88 Å². The Labute approximate surface area is 275 Å². The molecule has 0 saturated carbocycles. The summed E-state index contributed by atoms with van der Waals surface area (Å²) in [5, 5.41) is 13.8. The van der Waals surface area contributed by atoms with E-state index in [4.69, 9.17) is 0 Å². The normalized spacial score (nSPS) is 11.6. The zero-order chi connectivity index (χ0) is 28.7. The fourth-order valence-electron chi connectivity index (χ4n) is 5.78. The van der Waals surface area contributed by atoms with Crippen LogP contribution in [0, 0.1) is 0 Å². The molecule has 0 amide bonds. The fourth-order valence-corrected chi connectivity index (χ4v) is 11.8. The van der Waals surface area contributed by atoms with Gasteiger partial charge in [0, 0.05) is 46.6 Å². The van der Waals surface area contributed by atoms with Crippen LogP contribution >= 0.6 is 68.0 Å². The summed E-state index contributed by atoms with van der Waals surface area (Å²) < 4.78 is 0. The smallest absolute Gasteiger partial charge is 0.0529 e. The summed E-state index contributed by atoms with van der Waals surface area (Å²) in [6.07, 6.45) is 13.0.